The number of carbonyl (C=O) groups excluding carboxylic acids is 1. The Morgan fingerprint density at radius 1 is 1.00 bits per heavy atom. The highest BCUT2D eigenvalue weighted by Crippen LogP contribution is 2.24. The largest absolute Gasteiger partial charge is 0.392 e. The van der Waals surface area contributed by atoms with Gasteiger partial charge in [0.2, 0.25) is 0 Å². The number of hydrazine groups is 1. The lowest BCUT2D eigenvalue weighted by Crippen LogP contribution is -2.41. The van der Waals surface area contributed by atoms with E-state index in [9.17, 15) is 17.6 Å². The van der Waals surface area contributed by atoms with Crippen LogP contribution in [0.3, 0.4) is 0 Å². The highest BCUT2D eigenvalue weighted by atomic mass is 32.2. The maximum Gasteiger partial charge on any atom is 0.269 e. The van der Waals surface area contributed by atoms with E-state index < -0.39 is 21.7 Å². The van der Waals surface area contributed by atoms with Crippen molar-refractivity contribution in [1.29, 1.82) is 0 Å². The number of rotatable bonds is 6. The Hall–Kier alpha value is -3.07. The predicted molar refractivity (Wildman–Crippen MR) is 107 cm³/mol. The van der Waals surface area contributed by atoms with Gasteiger partial charge in [-0.05, 0) is 53.4 Å². The summed E-state index contributed by atoms with van der Waals surface area (Å²) in [6.45, 7) is 1.31. The number of amides is 1. The number of benzene rings is 3. The topological polar surface area (TPSA) is 95.5 Å². The Labute approximate surface area is 168 Å². The van der Waals surface area contributed by atoms with E-state index in [4.69, 9.17) is 5.11 Å². The van der Waals surface area contributed by atoms with Crippen LogP contribution >= 0.6 is 0 Å². The molecule has 0 aliphatic carbocycles. The standard InChI is InChI=1S/C21H19FN2O4S/c1-14-11-17(16-5-3-2-4-6-16)12-19(20(14)22)21(26)23-24-29(27,28)18-9-7-15(13-25)8-10-18/h2-12,24-25H,13H2,1H3,(H,23,26). The molecule has 0 unspecified atom stereocenters. The van der Waals surface area contributed by atoms with Crippen molar-refractivity contribution in [3.63, 3.8) is 0 Å². The van der Waals surface area contributed by atoms with Crippen molar-refractivity contribution in [1.82, 2.24) is 10.3 Å². The molecule has 0 aromatic heterocycles. The Balaban J connectivity index is 1.82. The molecule has 3 aromatic rings. The molecule has 0 spiro atoms. The Morgan fingerprint density at radius 2 is 1.66 bits per heavy atom. The van der Waals surface area contributed by atoms with Gasteiger partial charge >= 0.3 is 0 Å². The van der Waals surface area contributed by atoms with Crippen LogP contribution < -0.4 is 10.3 Å². The monoisotopic (exact) mass is 414 g/mol. The van der Waals surface area contributed by atoms with Crippen molar-refractivity contribution in [2.75, 3.05) is 0 Å². The first-order valence-corrected chi connectivity index (χ1v) is 10.2. The molecule has 0 aliphatic rings. The molecule has 0 radical (unpaired) electrons. The average molecular weight is 414 g/mol. The molecule has 3 aromatic carbocycles. The molecule has 0 heterocycles. The Bertz CT molecular complexity index is 1130. The maximum atomic E-state index is 14.5. The number of aliphatic hydroxyl groups is 1. The molecule has 150 valence electrons. The fraction of sp³-hybridized carbons (Fsp3) is 0.0952. The Morgan fingerprint density at radius 3 is 2.28 bits per heavy atom. The third-order valence-electron chi connectivity index (χ3n) is 4.32. The summed E-state index contributed by atoms with van der Waals surface area (Å²) in [7, 11) is -4.06. The smallest absolute Gasteiger partial charge is 0.269 e. The lowest BCUT2D eigenvalue weighted by molar-refractivity contribution is 0.0941. The molecule has 1 amide bonds. The number of nitrogens with one attached hydrogen (secondary N) is 2. The molecule has 0 saturated carbocycles. The second-order valence-electron chi connectivity index (χ2n) is 6.38. The van der Waals surface area contributed by atoms with Crippen LogP contribution in [-0.4, -0.2) is 19.4 Å². The molecule has 3 N–H and O–H groups in total. The third-order valence-corrected chi connectivity index (χ3v) is 5.58. The van der Waals surface area contributed by atoms with Crippen molar-refractivity contribution in [2.45, 2.75) is 18.4 Å². The minimum atomic E-state index is -4.06. The number of aliphatic hydroxyl groups excluding tert-OH is 1. The quantitative estimate of drug-likeness (QED) is 0.541. The van der Waals surface area contributed by atoms with Gasteiger partial charge in [-0.25, -0.2) is 12.8 Å². The van der Waals surface area contributed by atoms with Gasteiger partial charge in [-0.15, -0.1) is 4.83 Å². The van der Waals surface area contributed by atoms with Gasteiger partial charge in [0.25, 0.3) is 15.9 Å². The third kappa shape index (κ3) is 4.68. The van der Waals surface area contributed by atoms with Gasteiger partial charge in [-0.3, -0.25) is 10.2 Å². The normalized spacial score (nSPS) is 11.3. The van der Waals surface area contributed by atoms with Gasteiger partial charge in [0, 0.05) is 0 Å². The second kappa shape index (κ2) is 8.52. The average Bonchev–Trinajstić information content (AvgIpc) is 2.74. The molecule has 0 bridgehead atoms. The van der Waals surface area contributed by atoms with Crippen LogP contribution in [0.25, 0.3) is 11.1 Å². The lowest BCUT2D eigenvalue weighted by Gasteiger charge is -2.12. The van der Waals surface area contributed by atoms with E-state index in [1.165, 1.54) is 37.3 Å². The van der Waals surface area contributed by atoms with Crippen molar-refractivity contribution < 1.29 is 22.7 Å². The van der Waals surface area contributed by atoms with Crippen molar-refractivity contribution in [2.24, 2.45) is 0 Å². The maximum absolute atomic E-state index is 14.5. The number of sulfonamides is 1. The molecule has 0 atom stereocenters. The first-order chi connectivity index (χ1) is 13.8. The molecule has 29 heavy (non-hydrogen) atoms. The van der Waals surface area contributed by atoms with E-state index in [2.05, 4.69) is 0 Å². The summed E-state index contributed by atoms with van der Waals surface area (Å²) in [6, 6.07) is 17.6. The van der Waals surface area contributed by atoms with Gasteiger partial charge in [0.15, 0.2) is 0 Å². The highest BCUT2D eigenvalue weighted by molar-refractivity contribution is 7.89. The fourth-order valence-corrected chi connectivity index (χ4v) is 3.59. The summed E-state index contributed by atoms with van der Waals surface area (Å²) >= 11 is 0. The first kappa shape index (κ1) is 20.7. The van der Waals surface area contributed by atoms with E-state index in [1.807, 2.05) is 40.6 Å². The highest BCUT2D eigenvalue weighted by Gasteiger charge is 2.19. The zero-order valence-corrected chi connectivity index (χ0v) is 16.3. The minimum Gasteiger partial charge on any atom is -0.392 e. The van der Waals surface area contributed by atoms with Crippen LogP contribution in [0.1, 0.15) is 21.5 Å². The van der Waals surface area contributed by atoms with Crippen LogP contribution in [0.2, 0.25) is 0 Å². The molecule has 0 fully saturated rings. The van der Waals surface area contributed by atoms with Crippen molar-refractivity contribution in [3.8, 4) is 11.1 Å². The summed E-state index contributed by atoms with van der Waals surface area (Å²) in [5.74, 6) is -1.65. The molecular formula is C21H19FN2O4S. The number of halogens is 1. The summed E-state index contributed by atoms with van der Waals surface area (Å²) in [6.07, 6.45) is 0. The van der Waals surface area contributed by atoms with E-state index >= 15 is 0 Å². The number of hydrogen-bond acceptors (Lipinski definition) is 4. The van der Waals surface area contributed by atoms with Crippen molar-refractivity contribution in [3.05, 3.63) is 89.2 Å². The molecule has 8 heteroatoms. The molecule has 6 nitrogen and oxygen atoms in total. The zero-order chi connectivity index (χ0) is 21.0. The predicted octanol–water partition coefficient (Wildman–Crippen LogP) is 2.92. The summed E-state index contributed by atoms with van der Waals surface area (Å²) in [4.78, 5) is 14.3. The van der Waals surface area contributed by atoms with E-state index in [1.54, 1.807) is 6.07 Å². The van der Waals surface area contributed by atoms with Crippen LogP contribution in [0, 0.1) is 12.7 Å². The van der Waals surface area contributed by atoms with Gasteiger partial charge in [0.05, 0.1) is 17.1 Å². The van der Waals surface area contributed by atoms with Crippen LogP contribution in [0.4, 0.5) is 4.39 Å². The molecule has 3 rings (SSSR count). The second-order valence-corrected chi connectivity index (χ2v) is 8.06. The SMILES string of the molecule is Cc1cc(-c2ccccc2)cc(C(=O)NNS(=O)(=O)c2ccc(CO)cc2)c1F. The lowest BCUT2D eigenvalue weighted by atomic mass is 9.99. The zero-order valence-electron chi connectivity index (χ0n) is 15.5. The summed E-state index contributed by atoms with van der Waals surface area (Å²) in [5.41, 5.74) is 4.02. The van der Waals surface area contributed by atoms with Gasteiger partial charge in [0.1, 0.15) is 5.82 Å². The van der Waals surface area contributed by atoms with Crippen LogP contribution in [0.5, 0.6) is 0 Å². The van der Waals surface area contributed by atoms with Gasteiger partial charge in [-0.1, -0.05) is 42.5 Å². The number of hydrogen-bond donors (Lipinski definition) is 3. The number of carbonyl (C=O) groups is 1. The van der Waals surface area contributed by atoms with E-state index in [0.717, 1.165) is 5.56 Å². The number of aryl methyl sites for hydroxylation is 1. The minimum absolute atomic E-state index is 0.107. The fourth-order valence-electron chi connectivity index (χ4n) is 2.75. The van der Waals surface area contributed by atoms with Gasteiger partial charge < -0.3 is 5.11 Å². The summed E-state index contributed by atoms with van der Waals surface area (Å²) in [5, 5.41) is 9.03. The molecule has 0 aliphatic heterocycles. The molecule has 0 saturated heterocycles. The Kier molecular flexibility index (Phi) is 6.07. The van der Waals surface area contributed by atoms with Crippen LogP contribution in [-0.2, 0) is 16.6 Å². The molecular weight excluding hydrogens is 395 g/mol. The van der Waals surface area contributed by atoms with Crippen molar-refractivity contribution >= 4 is 15.9 Å². The van der Waals surface area contributed by atoms with E-state index in [-0.39, 0.29) is 22.6 Å². The summed E-state index contributed by atoms with van der Waals surface area (Å²) < 4.78 is 39.2. The van der Waals surface area contributed by atoms with Gasteiger partial charge in [-0.2, -0.15) is 0 Å². The van der Waals surface area contributed by atoms with E-state index in [0.29, 0.717) is 11.1 Å². The first-order valence-electron chi connectivity index (χ1n) is 8.69. The van der Waals surface area contributed by atoms with Crippen LogP contribution in [0.15, 0.2) is 71.6 Å².